The zero-order valence-electron chi connectivity index (χ0n) is 6.72. The van der Waals surface area contributed by atoms with E-state index in [1.807, 2.05) is 25.1 Å². The molecule has 0 unspecified atom stereocenters. The van der Waals surface area contributed by atoms with Crippen molar-refractivity contribution in [3.8, 4) is 0 Å². The molecule has 0 atom stereocenters. The van der Waals surface area contributed by atoms with Crippen LogP contribution in [0.1, 0.15) is 0 Å². The van der Waals surface area contributed by atoms with Crippen LogP contribution < -0.4 is 5.32 Å². The first-order chi connectivity index (χ1) is 4.66. The van der Waals surface area contributed by atoms with Gasteiger partial charge in [-0.05, 0) is 14.1 Å². The molecule has 0 saturated heterocycles. The van der Waals surface area contributed by atoms with Crippen LogP contribution in [0.2, 0.25) is 0 Å². The van der Waals surface area contributed by atoms with Crippen molar-refractivity contribution in [3.63, 3.8) is 0 Å². The Morgan fingerprint density at radius 3 is 2.60 bits per heavy atom. The van der Waals surface area contributed by atoms with Crippen LogP contribution in [-0.2, 0) is 4.79 Å². The fourth-order valence-electron chi connectivity index (χ4n) is 0.454. The molecule has 0 aromatic rings. The molecule has 10 heavy (non-hydrogen) atoms. The average molecular weight is 142 g/mol. The van der Waals surface area contributed by atoms with Crippen LogP contribution in [0.25, 0.3) is 0 Å². The van der Waals surface area contributed by atoms with Gasteiger partial charge < -0.3 is 10.2 Å². The molecular weight excluding hydrogens is 128 g/mol. The lowest BCUT2D eigenvalue weighted by Gasteiger charge is -2.02. The van der Waals surface area contributed by atoms with Crippen LogP contribution in [0.5, 0.6) is 0 Å². The summed E-state index contributed by atoms with van der Waals surface area (Å²) < 4.78 is 0. The third kappa shape index (κ3) is 5.31. The minimum atomic E-state index is -0.0538. The molecule has 0 bridgehead atoms. The summed E-state index contributed by atoms with van der Waals surface area (Å²) in [6, 6.07) is 0. The Balaban J connectivity index is 3.46. The van der Waals surface area contributed by atoms with Gasteiger partial charge in [-0.3, -0.25) is 4.79 Å². The summed E-state index contributed by atoms with van der Waals surface area (Å²) in [4.78, 5) is 12.6. The lowest BCUT2D eigenvalue weighted by atomic mass is 10.4. The van der Waals surface area contributed by atoms with Gasteiger partial charge in [-0.1, -0.05) is 6.08 Å². The van der Waals surface area contributed by atoms with Gasteiger partial charge in [0.15, 0.2) is 0 Å². The number of carbonyl (C=O) groups excluding carboxylic acids is 1. The van der Waals surface area contributed by atoms with Crippen molar-refractivity contribution in [3.05, 3.63) is 12.2 Å². The van der Waals surface area contributed by atoms with Crippen molar-refractivity contribution in [2.75, 3.05) is 27.7 Å². The summed E-state index contributed by atoms with van der Waals surface area (Å²) in [5.74, 6) is -0.0538. The van der Waals surface area contributed by atoms with Gasteiger partial charge in [0.05, 0.1) is 0 Å². The monoisotopic (exact) mass is 142 g/mol. The van der Waals surface area contributed by atoms with E-state index in [0.29, 0.717) is 0 Å². The summed E-state index contributed by atoms with van der Waals surface area (Å²) in [5.41, 5.74) is 0. The maximum atomic E-state index is 10.6. The number of nitrogens with one attached hydrogen (secondary N) is 1. The predicted octanol–water partition coefficient (Wildman–Crippen LogP) is -0.150. The zero-order chi connectivity index (χ0) is 7.98. The number of amides is 1. The van der Waals surface area contributed by atoms with Crippen LogP contribution >= 0.6 is 0 Å². The molecule has 0 aliphatic carbocycles. The molecule has 0 fully saturated rings. The van der Waals surface area contributed by atoms with E-state index in [1.165, 1.54) is 6.08 Å². The fraction of sp³-hybridized carbons (Fsp3) is 0.571. The van der Waals surface area contributed by atoms with Gasteiger partial charge in [-0.25, -0.2) is 0 Å². The van der Waals surface area contributed by atoms with Gasteiger partial charge in [-0.15, -0.1) is 0 Å². The van der Waals surface area contributed by atoms with E-state index in [0.717, 1.165) is 6.54 Å². The molecule has 3 heteroatoms. The van der Waals surface area contributed by atoms with Gasteiger partial charge in [0.25, 0.3) is 0 Å². The first-order valence-electron chi connectivity index (χ1n) is 3.20. The minimum absolute atomic E-state index is 0.0538. The van der Waals surface area contributed by atoms with Crippen LogP contribution in [0, 0.1) is 0 Å². The summed E-state index contributed by atoms with van der Waals surface area (Å²) in [5, 5.41) is 2.49. The highest BCUT2D eigenvalue weighted by Crippen LogP contribution is 1.76. The molecule has 0 aliphatic rings. The third-order valence-electron chi connectivity index (χ3n) is 0.986. The number of carbonyl (C=O) groups is 1. The highest BCUT2D eigenvalue weighted by Gasteiger charge is 1.87. The van der Waals surface area contributed by atoms with Crippen LogP contribution in [0.15, 0.2) is 12.2 Å². The van der Waals surface area contributed by atoms with E-state index in [1.54, 1.807) is 7.05 Å². The van der Waals surface area contributed by atoms with E-state index in [9.17, 15) is 4.79 Å². The van der Waals surface area contributed by atoms with E-state index in [4.69, 9.17) is 0 Å². The van der Waals surface area contributed by atoms with Crippen molar-refractivity contribution in [1.29, 1.82) is 0 Å². The quantitative estimate of drug-likeness (QED) is 0.556. The molecule has 3 nitrogen and oxygen atoms in total. The smallest absolute Gasteiger partial charge is 0.243 e. The predicted molar refractivity (Wildman–Crippen MR) is 41.8 cm³/mol. The van der Waals surface area contributed by atoms with Gasteiger partial charge in [0.2, 0.25) is 5.91 Å². The highest BCUT2D eigenvalue weighted by atomic mass is 16.1. The second-order valence-electron chi connectivity index (χ2n) is 2.28. The molecule has 0 aliphatic heterocycles. The van der Waals surface area contributed by atoms with Crippen molar-refractivity contribution in [2.45, 2.75) is 0 Å². The Hall–Kier alpha value is -0.830. The lowest BCUT2D eigenvalue weighted by molar-refractivity contribution is -0.116. The van der Waals surface area contributed by atoms with E-state index in [2.05, 4.69) is 5.32 Å². The molecular formula is C7H14N2O. The first kappa shape index (κ1) is 9.17. The van der Waals surface area contributed by atoms with E-state index >= 15 is 0 Å². The van der Waals surface area contributed by atoms with Gasteiger partial charge in [0, 0.05) is 19.7 Å². The molecule has 1 amide bonds. The minimum Gasteiger partial charge on any atom is -0.356 e. The number of nitrogens with zero attached hydrogens (tertiary/aromatic N) is 1. The average Bonchev–Trinajstić information content (AvgIpc) is 1.87. The molecule has 0 radical (unpaired) electrons. The third-order valence-corrected chi connectivity index (χ3v) is 0.986. The largest absolute Gasteiger partial charge is 0.356 e. The second-order valence-corrected chi connectivity index (χ2v) is 2.28. The van der Waals surface area contributed by atoms with Crippen molar-refractivity contribution in [1.82, 2.24) is 10.2 Å². The van der Waals surface area contributed by atoms with E-state index < -0.39 is 0 Å². The molecule has 1 N–H and O–H groups in total. The lowest BCUT2D eigenvalue weighted by Crippen LogP contribution is -2.16. The maximum Gasteiger partial charge on any atom is 0.243 e. The molecule has 0 rings (SSSR count). The fourth-order valence-corrected chi connectivity index (χ4v) is 0.454. The molecule has 0 heterocycles. The normalized spacial score (nSPS) is 10.8. The molecule has 0 spiro atoms. The van der Waals surface area contributed by atoms with Crippen LogP contribution in [0.4, 0.5) is 0 Å². The summed E-state index contributed by atoms with van der Waals surface area (Å²) in [7, 11) is 5.52. The van der Waals surface area contributed by atoms with Gasteiger partial charge in [-0.2, -0.15) is 0 Å². The standard InChI is InChI=1S/C7H14N2O/c1-8-7(10)5-4-6-9(2)3/h4-5H,6H2,1-3H3,(H,8,10). The van der Waals surface area contributed by atoms with E-state index in [-0.39, 0.29) is 5.91 Å². The number of rotatable bonds is 3. The first-order valence-corrected chi connectivity index (χ1v) is 3.20. The number of likely N-dealkylation sites (N-methyl/N-ethyl adjacent to an activating group) is 2. The van der Waals surface area contributed by atoms with Gasteiger partial charge >= 0.3 is 0 Å². The molecule has 0 saturated carbocycles. The van der Waals surface area contributed by atoms with Crippen LogP contribution in [0.3, 0.4) is 0 Å². The number of hydrogen-bond acceptors (Lipinski definition) is 2. The Bertz CT molecular complexity index is 130. The van der Waals surface area contributed by atoms with Crippen molar-refractivity contribution in [2.24, 2.45) is 0 Å². The highest BCUT2D eigenvalue weighted by molar-refractivity contribution is 5.87. The SMILES string of the molecule is CNC(=O)C=CCN(C)C. The Kier molecular flexibility index (Phi) is 4.58. The van der Waals surface area contributed by atoms with Crippen molar-refractivity contribution < 1.29 is 4.79 Å². The topological polar surface area (TPSA) is 32.3 Å². The van der Waals surface area contributed by atoms with Crippen molar-refractivity contribution >= 4 is 5.91 Å². The van der Waals surface area contributed by atoms with Gasteiger partial charge in [0.1, 0.15) is 0 Å². The summed E-state index contributed by atoms with van der Waals surface area (Å²) in [6.45, 7) is 0.799. The second kappa shape index (κ2) is 4.99. The Morgan fingerprint density at radius 1 is 1.60 bits per heavy atom. The Labute approximate surface area is 61.7 Å². The molecule has 58 valence electrons. The molecule has 0 aromatic carbocycles. The zero-order valence-corrected chi connectivity index (χ0v) is 6.72. The Morgan fingerprint density at radius 2 is 2.20 bits per heavy atom. The summed E-state index contributed by atoms with van der Waals surface area (Å²) >= 11 is 0. The van der Waals surface area contributed by atoms with Crippen LogP contribution in [-0.4, -0.2) is 38.5 Å². The maximum absolute atomic E-state index is 10.6. The number of hydrogen-bond donors (Lipinski definition) is 1. The summed E-state index contributed by atoms with van der Waals surface area (Å²) in [6.07, 6.45) is 3.35. The molecule has 0 aromatic heterocycles.